The average molecular weight is 397 g/mol. The first kappa shape index (κ1) is 21.2. The third-order valence-electron chi connectivity index (χ3n) is 5.37. The molecule has 0 bridgehead atoms. The van der Waals surface area contributed by atoms with Gasteiger partial charge in [-0.2, -0.15) is 0 Å². The van der Waals surface area contributed by atoms with Crippen LogP contribution in [-0.2, 0) is 25.7 Å². The summed E-state index contributed by atoms with van der Waals surface area (Å²) in [6.07, 6.45) is 2.66. The molecule has 0 radical (unpaired) electrons. The molecule has 2 N–H and O–H groups in total. The molecule has 0 spiro atoms. The van der Waals surface area contributed by atoms with Gasteiger partial charge in [0.25, 0.3) is 5.91 Å². The van der Waals surface area contributed by atoms with Gasteiger partial charge in [0.15, 0.2) is 5.78 Å². The number of hydrogen-bond acceptors (Lipinski definition) is 5. The van der Waals surface area contributed by atoms with Crippen LogP contribution in [0, 0.1) is 0 Å². The van der Waals surface area contributed by atoms with Gasteiger partial charge in [0.1, 0.15) is 0 Å². The molecule has 29 heavy (non-hydrogen) atoms. The van der Waals surface area contributed by atoms with Crippen molar-refractivity contribution >= 4 is 11.7 Å². The van der Waals surface area contributed by atoms with Gasteiger partial charge in [0.2, 0.25) is 5.60 Å². The molecule has 6 heteroatoms. The van der Waals surface area contributed by atoms with Crippen LogP contribution in [-0.4, -0.2) is 35.2 Å². The predicted molar refractivity (Wildman–Crippen MR) is 108 cm³/mol. The van der Waals surface area contributed by atoms with Crippen LogP contribution in [0.2, 0.25) is 0 Å². The minimum atomic E-state index is -1.76. The Morgan fingerprint density at radius 2 is 1.83 bits per heavy atom. The van der Waals surface area contributed by atoms with Crippen LogP contribution < -0.4 is 5.48 Å². The summed E-state index contributed by atoms with van der Waals surface area (Å²) in [6.45, 7) is 2.18. The first-order valence-corrected chi connectivity index (χ1v) is 9.90. The van der Waals surface area contributed by atoms with Crippen LogP contribution in [0.25, 0.3) is 11.1 Å². The number of carbonyl (C=O) groups excluding carboxylic acids is 2. The van der Waals surface area contributed by atoms with Gasteiger partial charge in [-0.05, 0) is 42.9 Å². The molecule has 1 amide bonds. The van der Waals surface area contributed by atoms with Crippen molar-refractivity contribution in [3.05, 3.63) is 60.2 Å². The van der Waals surface area contributed by atoms with Gasteiger partial charge >= 0.3 is 0 Å². The Morgan fingerprint density at radius 3 is 2.45 bits per heavy atom. The largest absolute Gasteiger partial charge is 0.378 e. The van der Waals surface area contributed by atoms with Crippen LogP contribution in [0.3, 0.4) is 0 Å². The second kappa shape index (κ2) is 9.78. The van der Waals surface area contributed by atoms with Crippen molar-refractivity contribution in [1.29, 1.82) is 0 Å². The smallest absolute Gasteiger partial charge is 0.283 e. The molecule has 1 saturated heterocycles. The van der Waals surface area contributed by atoms with E-state index >= 15 is 0 Å². The van der Waals surface area contributed by atoms with Crippen molar-refractivity contribution in [2.24, 2.45) is 0 Å². The van der Waals surface area contributed by atoms with E-state index in [1.165, 1.54) is 6.92 Å². The van der Waals surface area contributed by atoms with Gasteiger partial charge in [-0.25, -0.2) is 5.48 Å². The maximum Gasteiger partial charge on any atom is 0.283 e. The molecule has 1 aliphatic rings. The van der Waals surface area contributed by atoms with E-state index in [1.807, 2.05) is 54.6 Å². The van der Waals surface area contributed by atoms with E-state index < -0.39 is 11.5 Å². The fraction of sp³-hybridized carbons (Fsp3) is 0.391. The predicted octanol–water partition coefficient (Wildman–Crippen LogP) is 3.66. The zero-order valence-electron chi connectivity index (χ0n) is 16.6. The second-order valence-corrected chi connectivity index (χ2v) is 7.42. The quantitative estimate of drug-likeness (QED) is 0.383. The van der Waals surface area contributed by atoms with E-state index in [0.717, 1.165) is 29.5 Å². The molecule has 3 rings (SSSR count). The first-order valence-electron chi connectivity index (χ1n) is 9.90. The van der Waals surface area contributed by atoms with Gasteiger partial charge in [-0.15, -0.1) is 0 Å². The molecule has 2 atom stereocenters. The molecular formula is C23H27NO5. The van der Waals surface area contributed by atoms with Crippen molar-refractivity contribution < 1.29 is 24.3 Å². The van der Waals surface area contributed by atoms with E-state index in [4.69, 9.17) is 14.7 Å². The van der Waals surface area contributed by atoms with Crippen molar-refractivity contribution in [2.75, 3.05) is 6.61 Å². The van der Waals surface area contributed by atoms with Crippen molar-refractivity contribution in [3.8, 4) is 11.1 Å². The normalized spacial score (nSPS) is 18.2. The Morgan fingerprint density at radius 1 is 1.14 bits per heavy atom. The summed E-state index contributed by atoms with van der Waals surface area (Å²) in [5.74, 6) is -1.24. The second-order valence-electron chi connectivity index (χ2n) is 7.42. The molecule has 1 fully saturated rings. The van der Waals surface area contributed by atoms with E-state index in [-0.39, 0.29) is 24.9 Å². The molecule has 0 aliphatic carbocycles. The van der Waals surface area contributed by atoms with E-state index in [9.17, 15) is 9.59 Å². The fourth-order valence-electron chi connectivity index (χ4n) is 3.43. The number of ketones is 1. The summed E-state index contributed by atoms with van der Waals surface area (Å²) >= 11 is 0. The number of amides is 1. The highest BCUT2D eigenvalue weighted by Crippen LogP contribution is 2.24. The molecular weight excluding hydrogens is 370 g/mol. The number of rotatable bonds is 9. The molecule has 2 aromatic carbocycles. The summed E-state index contributed by atoms with van der Waals surface area (Å²) in [6, 6.07) is 17.7. The summed E-state index contributed by atoms with van der Waals surface area (Å²) in [5.41, 5.74) is 2.81. The zero-order valence-corrected chi connectivity index (χ0v) is 16.6. The van der Waals surface area contributed by atoms with Crippen molar-refractivity contribution in [1.82, 2.24) is 5.48 Å². The minimum absolute atomic E-state index is 0.0471. The summed E-state index contributed by atoms with van der Waals surface area (Å²) < 4.78 is 11.3. The summed E-state index contributed by atoms with van der Waals surface area (Å²) in [4.78, 5) is 24.9. The monoisotopic (exact) mass is 397 g/mol. The highest BCUT2D eigenvalue weighted by atomic mass is 16.5. The molecule has 6 nitrogen and oxygen atoms in total. The number of hydroxylamine groups is 1. The SMILES string of the molecule is CC(OCc1ccc(-c2ccccc2)cc1)(C(=O)CCC1CCCO1)C(=O)NO. The number of benzene rings is 2. The number of carbonyl (C=O) groups is 2. The Labute approximate surface area is 170 Å². The molecule has 1 heterocycles. The third-order valence-corrected chi connectivity index (χ3v) is 5.37. The topological polar surface area (TPSA) is 84.9 Å². The Balaban J connectivity index is 1.63. The molecule has 0 aromatic heterocycles. The lowest BCUT2D eigenvalue weighted by atomic mass is 9.94. The minimum Gasteiger partial charge on any atom is -0.378 e. The highest BCUT2D eigenvalue weighted by Gasteiger charge is 2.42. The zero-order chi connectivity index (χ0) is 20.7. The van der Waals surface area contributed by atoms with Crippen molar-refractivity contribution in [3.63, 3.8) is 0 Å². The van der Waals surface area contributed by atoms with Crippen LogP contribution in [0.15, 0.2) is 54.6 Å². The highest BCUT2D eigenvalue weighted by molar-refractivity contribution is 6.08. The lowest BCUT2D eigenvalue weighted by Crippen LogP contribution is -2.51. The standard InChI is InChI=1S/C23H27NO5/c1-23(22(26)24-27,21(25)14-13-20-8-5-15-28-20)29-16-17-9-11-19(12-10-17)18-6-3-2-4-7-18/h2-4,6-7,9-12,20,27H,5,8,13-16H2,1H3,(H,24,26). The van der Waals surface area contributed by atoms with Crippen LogP contribution in [0.5, 0.6) is 0 Å². The summed E-state index contributed by atoms with van der Waals surface area (Å²) in [7, 11) is 0. The number of ether oxygens (including phenoxy) is 2. The van der Waals surface area contributed by atoms with Gasteiger partial charge in [-0.3, -0.25) is 14.8 Å². The van der Waals surface area contributed by atoms with Crippen LogP contribution in [0.1, 0.15) is 38.2 Å². The van der Waals surface area contributed by atoms with Gasteiger partial charge < -0.3 is 9.47 Å². The van der Waals surface area contributed by atoms with Crippen LogP contribution >= 0.6 is 0 Å². The number of Topliss-reactive ketones (excluding diaryl/α,β-unsaturated/α-hetero) is 1. The Kier molecular flexibility index (Phi) is 7.14. The van der Waals surface area contributed by atoms with Crippen LogP contribution in [0.4, 0.5) is 0 Å². The van der Waals surface area contributed by atoms with Gasteiger partial charge in [0.05, 0.1) is 12.7 Å². The molecule has 0 saturated carbocycles. The van der Waals surface area contributed by atoms with E-state index in [1.54, 1.807) is 5.48 Å². The van der Waals surface area contributed by atoms with Gasteiger partial charge in [0, 0.05) is 13.0 Å². The molecule has 1 aliphatic heterocycles. The maximum atomic E-state index is 12.7. The summed E-state index contributed by atoms with van der Waals surface area (Å²) in [5, 5.41) is 9.10. The molecule has 2 aromatic rings. The van der Waals surface area contributed by atoms with E-state index in [2.05, 4.69) is 0 Å². The molecule has 154 valence electrons. The number of hydrogen-bond donors (Lipinski definition) is 2. The van der Waals surface area contributed by atoms with Crippen molar-refractivity contribution in [2.45, 2.75) is 50.9 Å². The van der Waals surface area contributed by atoms with Gasteiger partial charge in [-0.1, -0.05) is 54.6 Å². The first-order chi connectivity index (χ1) is 14.0. The maximum absolute atomic E-state index is 12.7. The Bertz CT molecular complexity index is 815. The Hall–Kier alpha value is -2.54. The van der Waals surface area contributed by atoms with E-state index in [0.29, 0.717) is 13.0 Å². The fourth-order valence-corrected chi connectivity index (χ4v) is 3.43. The lowest BCUT2D eigenvalue weighted by Gasteiger charge is -2.26. The lowest BCUT2D eigenvalue weighted by molar-refractivity contribution is -0.165. The number of nitrogens with one attached hydrogen (secondary N) is 1. The molecule has 2 unspecified atom stereocenters. The average Bonchev–Trinajstić information content (AvgIpc) is 3.30. The third kappa shape index (κ3) is 5.29.